The monoisotopic (exact) mass is 341 g/mol. The fourth-order valence-corrected chi connectivity index (χ4v) is 4.22. The lowest BCUT2D eigenvalue weighted by molar-refractivity contribution is -0.141. The molecule has 1 atom stereocenters. The number of rotatable bonds is 5. The zero-order valence-electron chi connectivity index (χ0n) is 16.0. The standard InChI is InChI=1S/C21H31N3O/c1-15(2)24(16(3)4)21(25)17-8-7-11-23(13-17)14-18-12-22-20-10-6-5-9-19(18)20/h5-6,9-10,12,15-17,22H,7-8,11,13-14H2,1-4H3. The molecule has 1 aliphatic rings. The summed E-state index contributed by atoms with van der Waals surface area (Å²) in [6.45, 7) is 11.3. The van der Waals surface area contributed by atoms with Gasteiger partial charge in [0.25, 0.3) is 0 Å². The van der Waals surface area contributed by atoms with Gasteiger partial charge in [0.15, 0.2) is 0 Å². The zero-order valence-corrected chi connectivity index (χ0v) is 16.0. The van der Waals surface area contributed by atoms with Crippen LogP contribution < -0.4 is 0 Å². The molecular weight excluding hydrogens is 310 g/mol. The molecule has 0 bridgehead atoms. The van der Waals surface area contributed by atoms with Crippen LogP contribution in [0.5, 0.6) is 0 Å². The number of hydrogen-bond acceptors (Lipinski definition) is 2. The number of H-pyrrole nitrogens is 1. The second kappa shape index (κ2) is 7.61. The number of fused-ring (bicyclic) bond motifs is 1. The lowest BCUT2D eigenvalue weighted by Crippen LogP contribution is -2.49. The number of hydrogen-bond donors (Lipinski definition) is 1. The maximum atomic E-state index is 13.0. The Balaban J connectivity index is 1.70. The minimum Gasteiger partial charge on any atom is -0.361 e. The quantitative estimate of drug-likeness (QED) is 0.892. The van der Waals surface area contributed by atoms with E-state index in [4.69, 9.17) is 0 Å². The average molecular weight is 341 g/mol. The summed E-state index contributed by atoms with van der Waals surface area (Å²) in [5.74, 6) is 0.456. The third-order valence-electron chi connectivity index (χ3n) is 5.29. The van der Waals surface area contributed by atoms with Gasteiger partial charge in [-0.2, -0.15) is 0 Å². The summed E-state index contributed by atoms with van der Waals surface area (Å²) >= 11 is 0. The molecule has 136 valence electrons. The van der Waals surface area contributed by atoms with Gasteiger partial charge in [-0.15, -0.1) is 0 Å². The van der Waals surface area contributed by atoms with Gasteiger partial charge in [-0.3, -0.25) is 9.69 Å². The number of piperidine rings is 1. The number of para-hydroxylation sites is 1. The Hall–Kier alpha value is -1.81. The van der Waals surface area contributed by atoms with Gasteiger partial charge in [0.05, 0.1) is 5.92 Å². The van der Waals surface area contributed by atoms with Crippen molar-refractivity contribution in [3.05, 3.63) is 36.0 Å². The van der Waals surface area contributed by atoms with Gasteiger partial charge >= 0.3 is 0 Å². The smallest absolute Gasteiger partial charge is 0.227 e. The van der Waals surface area contributed by atoms with Gasteiger partial charge in [0.2, 0.25) is 5.91 Å². The highest BCUT2D eigenvalue weighted by molar-refractivity contribution is 5.83. The Kier molecular flexibility index (Phi) is 5.48. The molecule has 1 aromatic carbocycles. The summed E-state index contributed by atoms with van der Waals surface area (Å²) < 4.78 is 0. The van der Waals surface area contributed by atoms with Gasteiger partial charge in [0, 0.05) is 42.3 Å². The number of likely N-dealkylation sites (tertiary alicyclic amines) is 1. The van der Waals surface area contributed by atoms with Crippen molar-refractivity contribution in [1.82, 2.24) is 14.8 Å². The van der Waals surface area contributed by atoms with E-state index in [1.807, 2.05) is 0 Å². The van der Waals surface area contributed by atoms with Crippen LogP contribution in [0.3, 0.4) is 0 Å². The number of benzene rings is 1. The molecule has 1 unspecified atom stereocenters. The molecule has 1 fully saturated rings. The Morgan fingerprint density at radius 3 is 2.68 bits per heavy atom. The molecule has 4 heteroatoms. The first kappa shape index (κ1) is 18.0. The van der Waals surface area contributed by atoms with Crippen LogP contribution in [-0.4, -0.2) is 45.9 Å². The molecule has 0 saturated carbocycles. The molecule has 0 aliphatic carbocycles. The fraction of sp³-hybridized carbons (Fsp3) is 0.571. The highest BCUT2D eigenvalue weighted by Gasteiger charge is 2.31. The number of carbonyl (C=O) groups is 1. The van der Waals surface area contributed by atoms with E-state index in [1.54, 1.807) is 0 Å². The summed E-state index contributed by atoms with van der Waals surface area (Å²) in [5, 5.41) is 1.29. The largest absolute Gasteiger partial charge is 0.361 e. The normalized spacial score (nSPS) is 19.0. The topological polar surface area (TPSA) is 39.3 Å². The lowest BCUT2D eigenvalue weighted by atomic mass is 9.95. The first-order valence-electron chi connectivity index (χ1n) is 9.57. The van der Waals surface area contributed by atoms with Crippen LogP contribution in [0.25, 0.3) is 10.9 Å². The lowest BCUT2D eigenvalue weighted by Gasteiger charge is -2.38. The zero-order chi connectivity index (χ0) is 18.0. The molecule has 0 radical (unpaired) electrons. The van der Waals surface area contributed by atoms with E-state index in [9.17, 15) is 4.79 Å². The second-order valence-electron chi connectivity index (χ2n) is 7.87. The van der Waals surface area contributed by atoms with Crippen LogP contribution in [0.1, 0.15) is 46.1 Å². The predicted octanol–water partition coefficient (Wildman–Crippen LogP) is 4.03. The molecule has 1 aliphatic heterocycles. The van der Waals surface area contributed by atoms with Crippen molar-refractivity contribution in [2.45, 2.75) is 59.2 Å². The molecule has 1 aromatic heterocycles. The highest BCUT2D eigenvalue weighted by atomic mass is 16.2. The van der Waals surface area contributed by atoms with E-state index in [0.717, 1.165) is 32.5 Å². The van der Waals surface area contributed by atoms with E-state index >= 15 is 0 Å². The molecule has 1 N–H and O–H groups in total. The third-order valence-corrected chi connectivity index (χ3v) is 5.29. The van der Waals surface area contributed by atoms with E-state index in [2.05, 4.69) is 72.9 Å². The SMILES string of the molecule is CC(C)N(C(=O)C1CCCN(Cc2c[nH]c3ccccc23)C1)C(C)C. The summed E-state index contributed by atoms with van der Waals surface area (Å²) in [6.07, 6.45) is 4.23. The van der Waals surface area contributed by atoms with Crippen LogP contribution in [-0.2, 0) is 11.3 Å². The molecule has 1 saturated heterocycles. The minimum atomic E-state index is 0.128. The maximum absolute atomic E-state index is 13.0. The Labute approximate surface area is 151 Å². The van der Waals surface area contributed by atoms with Crippen LogP contribution in [0.2, 0.25) is 0 Å². The van der Waals surface area contributed by atoms with E-state index in [1.165, 1.54) is 16.5 Å². The first-order valence-corrected chi connectivity index (χ1v) is 9.57. The second-order valence-corrected chi connectivity index (χ2v) is 7.87. The molecule has 0 spiro atoms. The van der Waals surface area contributed by atoms with Crippen LogP contribution >= 0.6 is 0 Å². The Morgan fingerprint density at radius 1 is 1.24 bits per heavy atom. The van der Waals surface area contributed by atoms with Crippen LogP contribution in [0.15, 0.2) is 30.5 Å². The summed E-state index contributed by atoms with van der Waals surface area (Å²) in [7, 11) is 0. The van der Waals surface area contributed by atoms with Gasteiger partial charge in [-0.1, -0.05) is 18.2 Å². The van der Waals surface area contributed by atoms with Crippen LogP contribution in [0, 0.1) is 5.92 Å². The molecular formula is C21H31N3O. The third kappa shape index (κ3) is 3.90. The number of aromatic amines is 1. The molecule has 25 heavy (non-hydrogen) atoms. The predicted molar refractivity (Wildman–Crippen MR) is 103 cm³/mol. The van der Waals surface area contributed by atoms with Crippen molar-refractivity contribution < 1.29 is 4.79 Å². The van der Waals surface area contributed by atoms with Gasteiger partial charge < -0.3 is 9.88 Å². The van der Waals surface area contributed by atoms with Crippen molar-refractivity contribution in [2.75, 3.05) is 13.1 Å². The van der Waals surface area contributed by atoms with Gasteiger partial charge in [0.1, 0.15) is 0 Å². The number of aromatic nitrogens is 1. The van der Waals surface area contributed by atoms with Crippen molar-refractivity contribution in [3.63, 3.8) is 0 Å². The number of carbonyl (C=O) groups excluding carboxylic acids is 1. The fourth-order valence-electron chi connectivity index (χ4n) is 4.22. The molecule has 4 nitrogen and oxygen atoms in total. The number of nitrogens with zero attached hydrogens (tertiary/aromatic N) is 2. The summed E-state index contributed by atoms with van der Waals surface area (Å²) in [6, 6.07) is 8.96. The minimum absolute atomic E-state index is 0.128. The van der Waals surface area contributed by atoms with Crippen LogP contribution in [0.4, 0.5) is 0 Å². The Morgan fingerprint density at radius 2 is 1.96 bits per heavy atom. The van der Waals surface area contributed by atoms with Gasteiger partial charge in [-0.25, -0.2) is 0 Å². The van der Waals surface area contributed by atoms with Crippen molar-refractivity contribution >= 4 is 16.8 Å². The number of nitrogens with one attached hydrogen (secondary N) is 1. The summed E-state index contributed by atoms with van der Waals surface area (Å²) in [5.41, 5.74) is 2.52. The van der Waals surface area contributed by atoms with Crippen molar-refractivity contribution in [2.24, 2.45) is 5.92 Å². The van der Waals surface area contributed by atoms with E-state index in [-0.39, 0.29) is 18.0 Å². The first-order chi connectivity index (χ1) is 12.0. The molecule has 3 rings (SSSR count). The average Bonchev–Trinajstić information content (AvgIpc) is 2.97. The number of amides is 1. The van der Waals surface area contributed by atoms with E-state index in [0.29, 0.717) is 5.91 Å². The molecule has 2 aromatic rings. The van der Waals surface area contributed by atoms with Crippen molar-refractivity contribution in [3.8, 4) is 0 Å². The molecule has 1 amide bonds. The highest BCUT2D eigenvalue weighted by Crippen LogP contribution is 2.25. The Bertz CT molecular complexity index is 711. The van der Waals surface area contributed by atoms with Crippen molar-refractivity contribution in [1.29, 1.82) is 0 Å². The van der Waals surface area contributed by atoms with Gasteiger partial charge in [-0.05, 0) is 58.7 Å². The van der Waals surface area contributed by atoms with E-state index < -0.39 is 0 Å². The summed E-state index contributed by atoms with van der Waals surface area (Å²) in [4.78, 5) is 20.9. The maximum Gasteiger partial charge on any atom is 0.227 e. The molecule has 2 heterocycles.